The second kappa shape index (κ2) is 4.95. The van der Waals surface area contributed by atoms with Crippen LogP contribution in [0.25, 0.3) is 0 Å². The first-order valence-electron chi connectivity index (χ1n) is 4.79. The molecule has 0 saturated carbocycles. The lowest BCUT2D eigenvalue weighted by atomic mass is 10.2. The molecule has 16 heavy (non-hydrogen) atoms. The van der Waals surface area contributed by atoms with Gasteiger partial charge in [0.15, 0.2) is 0 Å². The molecule has 0 saturated heterocycles. The van der Waals surface area contributed by atoms with Crippen molar-refractivity contribution in [3.05, 3.63) is 0 Å². The van der Waals surface area contributed by atoms with Crippen molar-refractivity contribution in [2.45, 2.75) is 25.6 Å². The molecule has 0 aromatic heterocycles. The number of aliphatic hydroxyl groups is 2. The first kappa shape index (κ1) is 13.2. The molecule has 1 heterocycles. The smallest absolute Gasteiger partial charge is 0.258 e. The normalized spacial score (nSPS) is 20.2. The summed E-state index contributed by atoms with van der Waals surface area (Å²) in [6.45, 7) is 1.66. The van der Waals surface area contributed by atoms with Crippen LogP contribution in [0.4, 0.5) is 0 Å². The maximum atomic E-state index is 11.8. The van der Waals surface area contributed by atoms with E-state index in [1.165, 1.54) is 12.1 Å². The number of hydrogen-bond acceptors (Lipinski definition) is 8. The SMILES string of the molecule is CC[C@H](O)[C@@H](O)CS(=O)(=O)C1=NNNN1C. The van der Waals surface area contributed by atoms with Crippen molar-refractivity contribution in [3.63, 3.8) is 0 Å². The molecule has 8 nitrogen and oxygen atoms in total. The van der Waals surface area contributed by atoms with Crippen LogP contribution in [0.1, 0.15) is 13.3 Å². The van der Waals surface area contributed by atoms with Crippen LogP contribution in [-0.2, 0) is 9.84 Å². The van der Waals surface area contributed by atoms with Gasteiger partial charge in [0.2, 0.25) is 9.84 Å². The Balaban J connectivity index is 2.72. The average Bonchev–Trinajstić information content (AvgIpc) is 2.63. The molecule has 9 heteroatoms. The van der Waals surface area contributed by atoms with Crippen molar-refractivity contribution in [1.29, 1.82) is 0 Å². The van der Waals surface area contributed by atoms with Crippen LogP contribution >= 0.6 is 0 Å². The number of nitrogens with one attached hydrogen (secondary N) is 2. The van der Waals surface area contributed by atoms with Gasteiger partial charge in [-0.3, -0.25) is 5.01 Å². The molecule has 0 unspecified atom stereocenters. The maximum absolute atomic E-state index is 11.8. The highest BCUT2D eigenvalue weighted by Gasteiger charge is 2.31. The molecule has 4 N–H and O–H groups in total. The molecule has 2 atom stereocenters. The summed E-state index contributed by atoms with van der Waals surface area (Å²) < 4.78 is 23.5. The zero-order valence-electron chi connectivity index (χ0n) is 9.08. The topological polar surface area (TPSA) is 114 Å². The zero-order valence-corrected chi connectivity index (χ0v) is 9.90. The number of nitrogens with zero attached hydrogens (tertiary/aromatic N) is 2. The third kappa shape index (κ3) is 2.82. The third-order valence-corrected chi connectivity index (χ3v) is 3.89. The summed E-state index contributed by atoms with van der Waals surface area (Å²) >= 11 is 0. The van der Waals surface area contributed by atoms with Crippen LogP contribution in [0, 0.1) is 0 Å². The molecule has 0 amide bonds. The lowest BCUT2D eigenvalue weighted by Gasteiger charge is -2.17. The van der Waals surface area contributed by atoms with Crippen molar-refractivity contribution < 1.29 is 18.6 Å². The number of hydrazone groups is 1. The van der Waals surface area contributed by atoms with E-state index in [4.69, 9.17) is 0 Å². The molecule has 0 aromatic rings. The van der Waals surface area contributed by atoms with Gasteiger partial charge in [0.05, 0.1) is 18.0 Å². The van der Waals surface area contributed by atoms with E-state index in [-0.39, 0.29) is 11.6 Å². The molecule has 0 spiro atoms. The van der Waals surface area contributed by atoms with E-state index in [1.807, 2.05) is 0 Å². The Labute approximate surface area is 93.8 Å². The fourth-order valence-corrected chi connectivity index (χ4v) is 2.70. The highest BCUT2D eigenvalue weighted by Crippen LogP contribution is 2.07. The van der Waals surface area contributed by atoms with Gasteiger partial charge < -0.3 is 10.2 Å². The summed E-state index contributed by atoms with van der Waals surface area (Å²) in [6, 6.07) is 0. The number of amidine groups is 1. The van der Waals surface area contributed by atoms with Gasteiger partial charge in [-0.25, -0.2) is 14.0 Å². The van der Waals surface area contributed by atoms with Gasteiger partial charge in [0.1, 0.15) is 0 Å². The van der Waals surface area contributed by atoms with Gasteiger partial charge in [0, 0.05) is 7.05 Å². The van der Waals surface area contributed by atoms with Crippen LogP contribution in [0.3, 0.4) is 0 Å². The average molecular weight is 252 g/mol. The molecule has 0 radical (unpaired) electrons. The second-order valence-corrected chi connectivity index (χ2v) is 5.43. The Kier molecular flexibility index (Phi) is 4.08. The maximum Gasteiger partial charge on any atom is 0.258 e. The number of hydrazine groups is 2. The molecular weight excluding hydrogens is 236 g/mol. The van der Waals surface area contributed by atoms with E-state index in [0.29, 0.717) is 0 Å². The van der Waals surface area contributed by atoms with E-state index in [9.17, 15) is 18.6 Å². The molecule has 1 rings (SSSR count). The van der Waals surface area contributed by atoms with Gasteiger partial charge in [-0.15, -0.1) is 10.6 Å². The predicted octanol–water partition coefficient (Wildman–Crippen LogP) is -2.24. The van der Waals surface area contributed by atoms with Crippen molar-refractivity contribution in [3.8, 4) is 0 Å². The lowest BCUT2D eigenvalue weighted by molar-refractivity contribution is 0.0314. The van der Waals surface area contributed by atoms with E-state index in [1.54, 1.807) is 6.92 Å². The number of sulfone groups is 1. The van der Waals surface area contributed by atoms with Crippen LogP contribution in [0.5, 0.6) is 0 Å². The highest BCUT2D eigenvalue weighted by molar-refractivity contribution is 8.06. The van der Waals surface area contributed by atoms with Crippen molar-refractivity contribution in [2.24, 2.45) is 5.10 Å². The monoisotopic (exact) mass is 252 g/mol. The lowest BCUT2D eigenvalue weighted by Crippen LogP contribution is -2.43. The molecule has 0 fully saturated rings. The molecule has 1 aliphatic heterocycles. The zero-order chi connectivity index (χ0) is 12.3. The van der Waals surface area contributed by atoms with E-state index < -0.39 is 27.8 Å². The molecular formula is C7H16N4O4S. The number of hydrogen-bond donors (Lipinski definition) is 4. The second-order valence-electron chi connectivity index (χ2n) is 3.50. The molecule has 94 valence electrons. The summed E-state index contributed by atoms with van der Waals surface area (Å²) in [5, 5.41) is 23.3. The summed E-state index contributed by atoms with van der Waals surface area (Å²) in [6.07, 6.45) is -2.08. The Morgan fingerprint density at radius 3 is 2.50 bits per heavy atom. The van der Waals surface area contributed by atoms with Crippen LogP contribution in [0.15, 0.2) is 5.10 Å². The molecule has 0 bridgehead atoms. The van der Waals surface area contributed by atoms with Crippen molar-refractivity contribution in [2.75, 3.05) is 12.8 Å². The van der Waals surface area contributed by atoms with Gasteiger partial charge in [-0.2, -0.15) is 0 Å². The third-order valence-electron chi connectivity index (χ3n) is 2.19. The minimum absolute atomic E-state index is 0.213. The van der Waals surface area contributed by atoms with Gasteiger partial charge >= 0.3 is 0 Å². The molecule has 1 aliphatic rings. The Bertz CT molecular complexity index is 369. The summed E-state index contributed by atoms with van der Waals surface area (Å²) in [5.74, 6) is -0.561. The Morgan fingerprint density at radius 2 is 2.06 bits per heavy atom. The quantitative estimate of drug-likeness (QED) is 0.447. The summed E-state index contributed by atoms with van der Waals surface area (Å²) in [4.78, 5) is 0. The number of aliphatic hydroxyl groups excluding tert-OH is 2. The van der Waals surface area contributed by atoms with Gasteiger partial charge in [0.25, 0.3) is 5.17 Å². The predicted molar refractivity (Wildman–Crippen MR) is 57.6 cm³/mol. The molecule has 0 aromatic carbocycles. The summed E-state index contributed by atoms with van der Waals surface area (Å²) in [5.41, 5.74) is 4.73. The highest BCUT2D eigenvalue weighted by atomic mass is 32.2. The standard InChI is InChI=1S/C7H16N4O4S/c1-3-5(12)6(13)4-16(14,15)7-8-9-10-11(7)2/h5-6,9-10,12-13H,3-4H2,1-2H3/t5-,6-/m0/s1. The van der Waals surface area contributed by atoms with Crippen LogP contribution < -0.4 is 11.1 Å². The van der Waals surface area contributed by atoms with Crippen molar-refractivity contribution in [1.82, 2.24) is 16.1 Å². The fraction of sp³-hybridized carbons (Fsp3) is 0.857. The van der Waals surface area contributed by atoms with E-state index in [0.717, 1.165) is 0 Å². The first-order chi connectivity index (χ1) is 7.38. The minimum atomic E-state index is -3.72. The first-order valence-corrected chi connectivity index (χ1v) is 6.44. The Hall–Kier alpha value is -0.900. The van der Waals surface area contributed by atoms with E-state index in [2.05, 4.69) is 16.2 Å². The van der Waals surface area contributed by atoms with Crippen molar-refractivity contribution >= 4 is 15.0 Å². The minimum Gasteiger partial charge on any atom is -0.390 e. The Morgan fingerprint density at radius 1 is 1.44 bits per heavy atom. The molecule has 0 aliphatic carbocycles. The van der Waals surface area contributed by atoms with Crippen LogP contribution in [0.2, 0.25) is 0 Å². The van der Waals surface area contributed by atoms with Gasteiger partial charge in [-0.1, -0.05) is 6.92 Å². The fourth-order valence-electron chi connectivity index (χ4n) is 1.23. The van der Waals surface area contributed by atoms with Crippen LogP contribution in [-0.4, -0.2) is 53.8 Å². The van der Waals surface area contributed by atoms with E-state index >= 15 is 0 Å². The van der Waals surface area contributed by atoms with Gasteiger partial charge in [-0.05, 0) is 6.42 Å². The largest absolute Gasteiger partial charge is 0.390 e. The number of rotatable bonds is 4. The summed E-state index contributed by atoms with van der Waals surface area (Å²) in [7, 11) is -2.25.